The Kier molecular flexibility index (Phi) is 3.46. The monoisotopic (exact) mass is 270 g/mol. The van der Waals surface area contributed by atoms with Gasteiger partial charge in [0.2, 0.25) is 5.91 Å². The Labute approximate surface area is 118 Å². The van der Waals surface area contributed by atoms with E-state index < -0.39 is 0 Å². The third kappa shape index (κ3) is 2.41. The molecular formula is C16H18N2O2. The number of amides is 1. The van der Waals surface area contributed by atoms with Crippen molar-refractivity contribution in [3.8, 4) is 0 Å². The Morgan fingerprint density at radius 1 is 1.35 bits per heavy atom. The standard InChI is InChI=1S/C16H18N2O2/c1-2-18(11-13-7-5-9-20-13)16(19)15-10-12-6-3-4-8-14(12)17-15/h3-9,15,17H,2,10-11H2,1H3. The third-order valence-corrected chi connectivity index (χ3v) is 3.69. The van der Waals surface area contributed by atoms with Crippen molar-refractivity contribution in [2.24, 2.45) is 0 Å². The van der Waals surface area contributed by atoms with Crippen molar-refractivity contribution in [3.63, 3.8) is 0 Å². The highest BCUT2D eigenvalue weighted by Crippen LogP contribution is 2.26. The molecule has 1 amide bonds. The number of benzene rings is 1. The molecular weight excluding hydrogens is 252 g/mol. The SMILES string of the molecule is CCN(Cc1ccco1)C(=O)C1Cc2ccccc2N1. The molecule has 0 saturated carbocycles. The van der Waals surface area contributed by atoms with Gasteiger partial charge in [-0.1, -0.05) is 18.2 Å². The molecule has 2 aromatic rings. The summed E-state index contributed by atoms with van der Waals surface area (Å²) in [6, 6.07) is 11.7. The maximum atomic E-state index is 12.6. The molecule has 0 saturated heterocycles. The predicted octanol–water partition coefficient (Wildman–Crippen LogP) is 2.66. The van der Waals surface area contributed by atoms with Crippen LogP contribution in [0.3, 0.4) is 0 Å². The average Bonchev–Trinajstić information content (AvgIpc) is 3.12. The van der Waals surface area contributed by atoms with Gasteiger partial charge in [0.1, 0.15) is 11.8 Å². The Balaban J connectivity index is 1.69. The number of nitrogens with zero attached hydrogens (tertiary/aromatic N) is 1. The van der Waals surface area contributed by atoms with Crippen LogP contribution in [0.4, 0.5) is 5.69 Å². The van der Waals surface area contributed by atoms with Gasteiger partial charge in [-0.2, -0.15) is 0 Å². The van der Waals surface area contributed by atoms with Crippen LogP contribution in [0.15, 0.2) is 47.1 Å². The normalized spacial score (nSPS) is 16.6. The molecule has 0 spiro atoms. The van der Waals surface area contributed by atoms with E-state index in [0.717, 1.165) is 17.9 Å². The summed E-state index contributed by atoms with van der Waals surface area (Å²) in [5.41, 5.74) is 2.28. The fraction of sp³-hybridized carbons (Fsp3) is 0.312. The Bertz CT molecular complexity index is 561. The van der Waals surface area contributed by atoms with Crippen molar-refractivity contribution in [1.82, 2.24) is 4.90 Å². The van der Waals surface area contributed by atoms with Crippen LogP contribution in [0.5, 0.6) is 0 Å². The van der Waals surface area contributed by atoms with Gasteiger partial charge in [0.15, 0.2) is 0 Å². The minimum atomic E-state index is -0.165. The molecule has 1 aromatic heterocycles. The molecule has 0 radical (unpaired) electrons. The molecule has 1 N–H and O–H groups in total. The number of fused-ring (bicyclic) bond motifs is 1. The van der Waals surface area contributed by atoms with Gasteiger partial charge in [0, 0.05) is 18.7 Å². The van der Waals surface area contributed by atoms with Crippen molar-refractivity contribution >= 4 is 11.6 Å². The second kappa shape index (κ2) is 5.41. The number of furan rings is 1. The number of hydrogen-bond donors (Lipinski definition) is 1. The Morgan fingerprint density at radius 3 is 2.90 bits per heavy atom. The highest BCUT2D eigenvalue weighted by atomic mass is 16.3. The predicted molar refractivity (Wildman–Crippen MR) is 77.4 cm³/mol. The number of hydrogen-bond acceptors (Lipinski definition) is 3. The van der Waals surface area contributed by atoms with Crippen molar-refractivity contribution in [3.05, 3.63) is 54.0 Å². The molecule has 0 fully saturated rings. The topological polar surface area (TPSA) is 45.5 Å². The smallest absolute Gasteiger partial charge is 0.245 e. The highest BCUT2D eigenvalue weighted by Gasteiger charge is 2.29. The van der Waals surface area contributed by atoms with E-state index in [-0.39, 0.29) is 11.9 Å². The minimum absolute atomic E-state index is 0.125. The molecule has 20 heavy (non-hydrogen) atoms. The molecule has 1 aromatic carbocycles. The van der Waals surface area contributed by atoms with E-state index in [0.29, 0.717) is 13.1 Å². The van der Waals surface area contributed by atoms with Crippen LogP contribution in [-0.2, 0) is 17.8 Å². The molecule has 104 valence electrons. The van der Waals surface area contributed by atoms with Crippen LogP contribution >= 0.6 is 0 Å². The first-order valence-corrected chi connectivity index (χ1v) is 6.93. The second-order valence-corrected chi connectivity index (χ2v) is 4.99. The number of nitrogens with one attached hydrogen (secondary N) is 1. The lowest BCUT2D eigenvalue weighted by Crippen LogP contribution is -2.41. The molecule has 0 bridgehead atoms. The van der Waals surface area contributed by atoms with Crippen LogP contribution in [0, 0.1) is 0 Å². The third-order valence-electron chi connectivity index (χ3n) is 3.69. The second-order valence-electron chi connectivity index (χ2n) is 4.99. The first-order chi connectivity index (χ1) is 9.78. The van der Waals surface area contributed by atoms with Gasteiger partial charge >= 0.3 is 0 Å². The average molecular weight is 270 g/mol. The zero-order chi connectivity index (χ0) is 13.9. The summed E-state index contributed by atoms with van der Waals surface area (Å²) in [5.74, 6) is 0.941. The van der Waals surface area contributed by atoms with E-state index >= 15 is 0 Å². The number of likely N-dealkylation sites (N-methyl/N-ethyl adjacent to an activating group) is 1. The zero-order valence-electron chi connectivity index (χ0n) is 11.5. The van der Waals surface area contributed by atoms with Gasteiger partial charge in [-0.3, -0.25) is 4.79 Å². The van der Waals surface area contributed by atoms with E-state index in [1.54, 1.807) is 6.26 Å². The van der Waals surface area contributed by atoms with E-state index in [1.165, 1.54) is 5.56 Å². The van der Waals surface area contributed by atoms with Crippen molar-refractivity contribution in [2.45, 2.75) is 25.9 Å². The minimum Gasteiger partial charge on any atom is -0.467 e. The molecule has 1 unspecified atom stereocenters. The molecule has 1 aliphatic heterocycles. The number of carbonyl (C=O) groups is 1. The first kappa shape index (κ1) is 12.8. The number of rotatable bonds is 4. The molecule has 1 aliphatic rings. The zero-order valence-corrected chi connectivity index (χ0v) is 11.5. The Hall–Kier alpha value is -2.23. The van der Waals surface area contributed by atoms with Crippen molar-refractivity contribution in [2.75, 3.05) is 11.9 Å². The van der Waals surface area contributed by atoms with E-state index in [1.807, 2.05) is 42.2 Å². The fourth-order valence-corrected chi connectivity index (χ4v) is 2.60. The summed E-state index contributed by atoms with van der Waals surface area (Å²) in [6.07, 6.45) is 2.39. The number of para-hydroxylation sites is 1. The van der Waals surface area contributed by atoms with Gasteiger partial charge in [0.25, 0.3) is 0 Å². The van der Waals surface area contributed by atoms with Crippen molar-refractivity contribution < 1.29 is 9.21 Å². The molecule has 3 rings (SSSR count). The lowest BCUT2D eigenvalue weighted by atomic mass is 10.1. The maximum absolute atomic E-state index is 12.6. The van der Waals surface area contributed by atoms with Crippen molar-refractivity contribution in [1.29, 1.82) is 0 Å². The van der Waals surface area contributed by atoms with Crippen LogP contribution in [0.25, 0.3) is 0 Å². The molecule has 2 heterocycles. The van der Waals surface area contributed by atoms with Gasteiger partial charge in [-0.25, -0.2) is 0 Å². The van der Waals surface area contributed by atoms with Gasteiger partial charge < -0.3 is 14.6 Å². The summed E-state index contributed by atoms with van der Waals surface area (Å²) in [5, 5.41) is 3.31. The van der Waals surface area contributed by atoms with Crippen LogP contribution < -0.4 is 5.32 Å². The maximum Gasteiger partial charge on any atom is 0.245 e. The molecule has 4 nitrogen and oxygen atoms in total. The summed E-state index contributed by atoms with van der Waals surface area (Å²) in [6.45, 7) is 3.19. The van der Waals surface area contributed by atoms with E-state index in [2.05, 4.69) is 11.4 Å². The molecule has 1 atom stereocenters. The Morgan fingerprint density at radius 2 is 2.20 bits per heavy atom. The number of anilines is 1. The van der Waals surface area contributed by atoms with Gasteiger partial charge in [0.05, 0.1) is 12.8 Å². The summed E-state index contributed by atoms with van der Waals surface area (Å²) in [4.78, 5) is 14.4. The number of carbonyl (C=O) groups excluding carboxylic acids is 1. The fourth-order valence-electron chi connectivity index (χ4n) is 2.60. The van der Waals surface area contributed by atoms with Gasteiger partial charge in [-0.05, 0) is 30.7 Å². The highest BCUT2D eigenvalue weighted by molar-refractivity contribution is 5.87. The summed E-state index contributed by atoms with van der Waals surface area (Å²) >= 11 is 0. The lowest BCUT2D eigenvalue weighted by Gasteiger charge is -2.23. The lowest BCUT2D eigenvalue weighted by molar-refractivity contribution is -0.132. The summed E-state index contributed by atoms with van der Waals surface area (Å²) < 4.78 is 5.33. The van der Waals surface area contributed by atoms with Crippen LogP contribution in [0.1, 0.15) is 18.2 Å². The first-order valence-electron chi connectivity index (χ1n) is 6.93. The molecule has 0 aliphatic carbocycles. The van der Waals surface area contributed by atoms with E-state index in [9.17, 15) is 4.79 Å². The van der Waals surface area contributed by atoms with E-state index in [4.69, 9.17) is 4.42 Å². The van der Waals surface area contributed by atoms with Crippen LogP contribution in [-0.4, -0.2) is 23.4 Å². The largest absolute Gasteiger partial charge is 0.467 e. The van der Waals surface area contributed by atoms with Gasteiger partial charge in [-0.15, -0.1) is 0 Å². The summed E-state index contributed by atoms with van der Waals surface area (Å²) in [7, 11) is 0. The van der Waals surface area contributed by atoms with Crippen LogP contribution in [0.2, 0.25) is 0 Å². The molecule has 4 heteroatoms. The quantitative estimate of drug-likeness (QED) is 0.929.